The summed E-state index contributed by atoms with van der Waals surface area (Å²) in [4.78, 5) is 0. The molecule has 21 heavy (non-hydrogen) atoms. The number of rotatable bonds is 12. The van der Waals surface area contributed by atoms with Crippen LogP contribution >= 0.6 is 0 Å². The molecule has 1 saturated heterocycles. The quantitative estimate of drug-likeness (QED) is 0.415. The second kappa shape index (κ2) is 11.5. The number of hydrogen-bond acceptors (Lipinski definition) is 1. The van der Waals surface area contributed by atoms with Crippen molar-refractivity contribution in [3.8, 4) is 0 Å². The van der Waals surface area contributed by atoms with Crippen LogP contribution in [0.25, 0.3) is 0 Å². The molecule has 1 nitrogen and oxygen atoms in total. The smallest absolute Gasteiger partial charge is 0.00461 e. The maximum atomic E-state index is 3.55. The molecule has 1 atom stereocenters. The van der Waals surface area contributed by atoms with Crippen LogP contribution in [0.1, 0.15) is 104 Å². The SMILES string of the molecule is CCCCCCCC(C)(CCCCCC)C1CCNCC1. The summed E-state index contributed by atoms with van der Waals surface area (Å²) >= 11 is 0. The summed E-state index contributed by atoms with van der Waals surface area (Å²) in [5.74, 6) is 0.978. The van der Waals surface area contributed by atoms with Crippen molar-refractivity contribution in [1.82, 2.24) is 5.32 Å². The van der Waals surface area contributed by atoms with E-state index >= 15 is 0 Å². The molecule has 0 saturated carbocycles. The Hall–Kier alpha value is -0.0400. The standard InChI is InChI=1S/C20H41N/c1-4-6-8-10-12-16-20(3,15-11-9-7-5-2)19-13-17-21-18-14-19/h19,21H,4-18H2,1-3H3. The fraction of sp³-hybridized carbons (Fsp3) is 1.00. The van der Waals surface area contributed by atoms with Gasteiger partial charge >= 0.3 is 0 Å². The topological polar surface area (TPSA) is 12.0 Å². The third-order valence-electron chi connectivity index (χ3n) is 5.78. The predicted octanol–water partition coefficient (Wildman–Crippen LogP) is 6.32. The third kappa shape index (κ3) is 7.68. The first-order valence-corrected chi connectivity index (χ1v) is 9.93. The second-order valence-corrected chi connectivity index (χ2v) is 7.65. The molecule has 0 spiro atoms. The minimum atomic E-state index is 0.627. The lowest BCUT2D eigenvalue weighted by Crippen LogP contribution is -2.37. The van der Waals surface area contributed by atoms with E-state index in [2.05, 4.69) is 26.1 Å². The van der Waals surface area contributed by atoms with E-state index in [1.54, 1.807) is 0 Å². The van der Waals surface area contributed by atoms with Crippen LogP contribution in [0.15, 0.2) is 0 Å². The zero-order chi connectivity index (χ0) is 15.4. The summed E-state index contributed by atoms with van der Waals surface area (Å²) in [5, 5.41) is 3.55. The van der Waals surface area contributed by atoms with Gasteiger partial charge in [-0.15, -0.1) is 0 Å². The van der Waals surface area contributed by atoms with Crippen LogP contribution in [0.4, 0.5) is 0 Å². The normalized spacial score (nSPS) is 19.6. The van der Waals surface area contributed by atoms with Gasteiger partial charge in [0, 0.05) is 0 Å². The summed E-state index contributed by atoms with van der Waals surface area (Å²) < 4.78 is 0. The van der Waals surface area contributed by atoms with E-state index in [4.69, 9.17) is 0 Å². The summed E-state index contributed by atoms with van der Waals surface area (Å²) in [6.45, 7) is 9.76. The molecule has 1 unspecified atom stereocenters. The summed E-state index contributed by atoms with van der Waals surface area (Å²) in [6.07, 6.45) is 18.7. The van der Waals surface area contributed by atoms with Crippen molar-refractivity contribution in [2.75, 3.05) is 13.1 Å². The fourth-order valence-corrected chi connectivity index (χ4v) is 4.14. The average molecular weight is 296 g/mol. The highest BCUT2D eigenvalue weighted by Gasteiger charge is 2.33. The molecule has 0 aromatic carbocycles. The predicted molar refractivity (Wildman–Crippen MR) is 95.8 cm³/mol. The molecule has 0 bridgehead atoms. The molecule has 1 rings (SSSR count). The molecule has 1 N–H and O–H groups in total. The number of hydrogen-bond donors (Lipinski definition) is 1. The van der Waals surface area contributed by atoms with Crippen molar-refractivity contribution < 1.29 is 0 Å². The van der Waals surface area contributed by atoms with E-state index in [0.29, 0.717) is 5.41 Å². The Bertz CT molecular complexity index is 232. The molecular weight excluding hydrogens is 254 g/mol. The van der Waals surface area contributed by atoms with Crippen LogP contribution in [0.3, 0.4) is 0 Å². The van der Waals surface area contributed by atoms with Crippen molar-refractivity contribution in [3.05, 3.63) is 0 Å². The first kappa shape index (κ1) is 19.0. The van der Waals surface area contributed by atoms with E-state index in [1.165, 1.54) is 96.6 Å². The van der Waals surface area contributed by atoms with Gasteiger partial charge in [0.25, 0.3) is 0 Å². The largest absolute Gasteiger partial charge is 0.317 e. The Balaban J connectivity index is 2.39. The highest BCUT2D eigenvalue weighted by atomic mass is 14.9. The Morgan fingerprint density at radius 2 is 1.24 bits per heavy atom. The highest BCUT2D eigenvalue weighted by Crippen LogP contribution is 2.42. The van der Waals surface area contributed by atoms with Crippen LogP contribution in [-0.4, -0.2) is 13.1 Å². The van der Waals surface area contributed by atoms with Crippen molar-refractivity contribution >= 4 is 0 Å². The molecule has 0 aromatic heterocycles. The lowest BCUT2D eigenvalue weighted by molar-refractivity contribution is 0.111. The van der Waals surface area contributed by atoms with Crippen LogP contribution in [0.2, 0.25) is 0 Å². The molecule has 1 heterocycles. The van der Waals surface area contributed by atoms with Crippen LogP contribution in [0.5, 0.6) is 0 Å². The third-order valence-corrected chi connectivity index (χ3v) is 5.78. The van der Waals surface area contributed by atoms with Gasteiger partial charge in [-0.25, -0.2) is 0 Å². The van der Waals surface area contributed by atoms with Crippen molar-refractivity contribution in [2.45, 2.75) is 104 Å². The minimum absolute atomic E-state index is 0.627. The zero-order valence-corrected chi connectivity index (χ0v) is 15.2. The van der Waals surface area contributed by atoms with Crippen molar-refractivity contribution in [2.24, 2.45) is 11.3 Å². The Morgan fingerprint density at radius 1 is 0.762 bits per heavy atom. The van der Waals surface area contributed by atoms with Crippen LogP contribution in [-0.2, 0) is 0 Å². The Labute approximate surface area is 134 Å². The molecule has 1 heteroatoms. The van der Waals surface area contributed by atoms with E-state index in [1.807, 2.05) is 0 Å². The van der Waals surface area contributed by atoms with Gasteiger partial charge < -0.3 is 5.32 Å². The summed E-state index contributed by atoms with van der Waals surface area (Å²) in [7, 11) is 0. The van der Waals surface area contributed by atoms with Gasteiger partial charge in [-0.2, -0.15) is 0 Å². The summed E-state index contributed by atoms with van der Waals surface area (Å²) in [5.41, 5.74) is 0.627. The molecule has 0 aromatic rings. The number of piperidine rings is 1. The van der Waals surface area contributed by atoms with Crippen molar-refractivity contribution in [1.29, 1.82) is 0 Å². The lowest BCUT2D eigenvalue weighted by atomic mass is 9.67. The van der Waals surface area contributed by atoms with Gasteiger partial charge in [0.1, 0.15) is 0 Å². The van der Waals surface area contributed by atoms with Crippen LogP contribution in [0, 0.1) is 11.3 Å². The van der Waals surface area contributed by atoms with Gasteiger partial charge in [0.05, 0.1) is 0 Å². The van der Waals surface area contributed by atoms with Crippen LogP contribution < -0.4 is 5.32 Å². The molecule has 1 aliphatic heterocycles. The van der Waals surface area contributed by atoms with Gasteiger partial charge in [-0.05, 0) is 50.1 Å². The molecular formula is C20H41N. The maximum Gasteiger partial charge on any atom is -0.00461 e. The molecule has 0 aliphatic carbocycles. The lowest BCUT2D eigenvalue weighted by Gasteiger charge is -2.41. The van der Waals surface area contributed by atoms with E-state index in [-0.39, 0.29) is 0 Å². The molecule has 1 fully saturated rings. The molecule has 1 aliphatic rings. The summed E-state index contributed by atoms with van der Waals surface area (Å²) in [6, 6.07) is 0. The van der Waals surface area contributed by atoms with E-state index in [0.717, 1.165) is 5.92 Å². The van der Waals surface area contributed by atoms with E-state index in [9.17, 15) is 0 Å². The number of unbranched alkanes of at least 4 members (excludes halogenated alkanes) is 7. The second-order valence-electron chi connectivity index (χ2n) is 7.65. The minimum Gasteiger partial charge on any atom is -0.317 e. The van der Waals surface area contributed by atoms with Crippen molar-refractivity contribution in [3.63, 3.8) is 0 Å². The fourth-order valence-electron chi connectivity index (χ4n) is 4.14. The highest BCUT2D eigenvalue weighted by molar-refractivity contribution is 4.85. The molecule has 126 valence electrons. The first-order chi connectivity index (χ1) is 10.2. The zero-order valence-electron chi connectivity index (χ0n) is 15.2. The Kier molecular flexibility index (Phi) is 10.4. The van der Waals surface area contributed by atoms with Gasteiger partial charge in [0.2, 0.25) is 0 Å². The maximum absolute atomic E-state index is 3.55. The first-order valence-electron chi connectivity index (χ1n) is 9.93. The monoisotopic (exact) mass is 295 g/mol. The van der Waals surface area contributed by atoms with Gasteiger partial charge in [-0.3, -0.25) is 0 Å². The van der Waals surface area contributed by atoms with E-state index < -0.39 is 0 Å². The Morgan fingerprint density at radius 3 is 1.76 bits per heavy atom. The molecule has 0 radical (unpaired) electrons. The molecule has 0 amide bonds. The van der Waals surface area contributed by atoms with Gasteiger partial charge in [0.15, 0.2) is 0 Å². The average Bonchev–Trinajstić information content (AvgIpc) is 2.52. The number of nitrogens with one attached hydrogen (secondary N) is 1. The van der Waals surface area contributed by atoms with Gasteiger partial charge in [-0.1, -0.05) is 78.6 Å².